The molecule has 2 heterocycles. The summed E-state index contributed by atoms with van der Waals surface area (Å²) in [4.78, 5) is 29.6. The monoisotopic (exact) mass is 359 g/mol. The number of amides is 1. The zero-order valence-electron chi connectivity index (χ0n) is 14.7. The van der Waals surface area contributed by atoms with E-state index in [4.69, 9.17) is 4.42 Å². The van der Waals surface area contributed by atoms with Gasteiger partial charge in [-0.1, -0.05) is 12.1 Å². The Balaban J connectivity index is 1.62. The number of para-hydroxylation sites is 1. The van der Waals surface area contributed by atoms with Gasteiger partial charge in [-0.15, -0.1) is 0 Å². The van der Waals surface area contributed by atoms with Gasteiger partial charge in [0.25, 0.3) is 11.5 Å². The third-order valence-corrected chi connectivity index (χ3v) is 4.33. The maximum Gasteiger partial charge on any atom is 0.265 e. The van der Waals surface area contributed by atoms with Crippen LogP contribution in [0.5, 0.6) is 0 Å². The summed E-state index contributed by atoms with van der Waals surface area (Å²) in [6.07, 6.45) is 1.56. The molecule has 6 nitrogen and oxygen atoms in total. The van der Waals surface area contributed by atoms with E-state index in [0.29, 0.717) is 40.3 Å². The Morgan fingerprint density at radius 3 is 2.59 bits per heavy atom. The van der Waals surface area contributed by atoms with E-state index in [1.807, 2.05) is 18.2 Å². The number of nitrogens with one attached hydrogen (secondary N) is 1. The largest absolute Gasteiger partial charge is 0.467 e. The van der Waals surface area contributed by atoms with Crippen molar-refractivity contribution < 1.29 is 9.21 Å². The van der Waals surface area contributed by atoms with Gasteiger partial charge >= 0.3 is 0 Å². The number of aromatic nitrogens is 2. The highest BCUT2D eigenvalue weighted by Crippen LogP contribution is 2.13. The van der Waals surface area contributed by atoms with E-state index in [-0.39, 0.29) is 11.5 Å². The van der Waals surface area contributed by atoms with E-state index < -0.39 is 0 Å². The fourth-order valence-corrected chi connectivity index (χ4v) is 2.99. The highest BCUT2D eigenvalue weighted by molar-refractivity contribution is 5.94. The minimum Gasteiger partial charge on any atom is -0.467 e. The summed E-state index contributed by atoms with van der Waals surface area (Å²) in [5.74, 6) is 1.07. The Hall–Kier alpha value is -3.67. The Morgan fingerprint density at radius 1 is 1.07 bits per heavy atom. The predicted molar refractivity (Wildman–Crippen MR) is 102 cm³/mol. The van der Waals surface area contributed by atoms with Gasteiger partial charge in [0.15, 0.2) is 0 Å². The summed E-state index contributed by atoms with van der Waals surface area (Å²) in [5.41, 5.74) is 1.71. The lowest BCUT2D eigenvalue weighted by atomic mass is 10.1. The predicted octanol–water partition coefficient (Wildman–Crippen LogP) is 3.22. The van der Waals surface area contributed by atoms with Crippen LogP contribution < -0.4 is 10.9 Å². The van der Waals surface area contributed by atoms with E-state index in [1.165, 1.54) is 0 Å². The van der Waals surface area contributed by atoms with Crippen LogP contribution in [0, 0.1) is 6.92 Å². The highest BCUT2D eigenvalue weighted by atomic mass is 16.3. The third kappa shape index (κ3) is 3.25. The number of fused-ring (bicyclic) bond motifs is 1. The van der Waals surface area contributed by atoms with Gasteiger partial charge in [-0.25, -0.2) is 4.98 Å². The van der Waals surface area contributed by atoms with Crippen LogP contribution in [0.3, 0.4) is 0 Å². The molecule has 2 aromatic carbocycles. The number of benzene rings is 2. The lowest BCUT2D eigenvalue weighted by Crippen LogP contribution is -2.24. The molecule has 0 saturated carbocycles. The summed E-state index contributed by atoms with van der Waals surface area (Å²) in [7, 11) is 0. The van der Waals surface area contributed by atoms with E-state index >= 15 is 0 Å². The standard InChI is InChI=1S/C21H17N3O3/c1-14-23-19-7-3-2-6-18(19)21(26)24(14)16-10-8-15(9-11-16)20(25)22-13-17-5-4-12-27-17/h2-12H,13H2,1H3,(H,22,25). The lowest BCUT2D eigenvalue weighted by molar-refractivity contribution is 0.0948. The van der Waals surface area contributed by atoms with Crippen LogP contribution in [-0.4, -0.2) is 15.5 Å². The van der Waals surface area contributed by atoms with Crippen LogP contribution in [0.25, 0.3) is 16.6 Å². The maximum atomic E-state index is 12.8. The average molecular weight is 359 g/mol. The maximum absolute atomic E-state index is 12.8. The Labute approximate surface area is 155 Å². The van der Waals surface area contributed by atoms with Crippen molar-refractivity contribution >= 4 is 16.8 Å². The summed E-state index contributed by atoms with van der Waals surface area (Å²) < 4.78 is 6.75. The number of aryl methyl sites for hydroxylation is 1. The Kier molecular flexibility index (Phi) is 4.30. The van der Waals surface area contributed by atoms with Crippen LogP contribution >= 0.6 is 0 Å². The number of rotatable bonds is 4. The molecule has 0 saturated heterocycles. The van der Waals surface area contributed by atoms with E-state index in [9.17, 15) is 9.59 Å². The number of nitrogens with zero attached hydrogens (tertiary/aromatic N) is 2. The molecule has 0 bridgehead atoms. The minimum absolute atomic E-state index is 0.131. The van der Waals surface area contributed by atoms with Crippen molar-refractivity contribution in [1.82, 2.24) is 14.9 Å². The Morgan fingerprint density at radius 2 is 1.85 bits per heavy atom. The Bertz CT molecular complexity index is 1160. The quantitative estimate of drug-likeness (QED) is 0.607. The molecule has 0 atom stereocenters. The van der Waals surface area contributed by atoms with Crippen LogP contribution in [0.2, 0.25) is 0 Å². The lowest BCUT2D eigenvalue weighted by Gasteiger charge is -2.11. The van der Waals surface area contributed by atoms with Gasteiger partial charge < -0.3 is 9.73 Å². The summed E-state index contributed by atoms with van der Waals surface area (Å²) in [6, 6.07) is 17.7. The van der Waals surface area contributed by atoms with Crippen molar-refractivity contribution in [2.45, 2.75) is 13.5 Å². The molecule has 134 valence electrons. The first-order valence-corrected chi connectivity index (χ1v) is 8.53. The first-order chi connectivity index (χ1) is 13.1. The van der Waals surface area contributed by atoms with Crippen molar-refractivity contribution in [3.05, 3.63) is 94.4 Å². The van der Waals surface area contributed by atoms with Crippen molar-refractivity contribution in [2.75, 3.05) is 0 Å². The summed E-state index contributed by atoms with van der Waals surface area (Å²) in [5, 5.41) is 3.35. The zero-order valence-corrected chi connectivity index (χ0v) is 14.7. The fourth-order valence-electron chi connectivity index (χ4n) is 2.99. The molecule has 0 radical (unpaired) electrons. The molecular weight excluding hydrogens is 342 g/mol. The molecule has 0 unspecified atom stereocenters. The SMILES string of the molecule is Cc1nc2ccccc2c(=O)n1-c1ccc(C(=O)NCc2ccco2)cc1. The van der Waals surface area contributed by atoms with E-state index in [2.05, 4.69) is 10.3 Å². The molecule has 6 heteroatoms. The fraction of sp³-hybridized carbons (Fsp3) is 0.0952. The molecule has 1 N–H and O–H groups in total. The summed E-state index contributed by atoms with van der Waals surface area (Å²) in [6.45, 7) is 2.11. The van der Waals surface area contributed by atoms with Gasteiger partial charge in [-0.3, -0.25) is 14.2 Å². The number of carbonyl (C=O) groups is 1. The zero-order chi connectivity index (χ0) is 18.8. The molecular formula is C21H17N3O3. The van der Waals surface area contributed by atoms with Gasteiger partial charge in [0, 0.05) is 5.56 Å². The van der Waals surface area contributed by atoms with Gasteiger partial charge in [0.2, 0.25) is 0 Å². The highest BCUT2D eigenvalue weighted by Gasteiger charge is 2.11. The average Bonchev–Trinajstić information content (AvgIpc) is 3.20. The van der Waals surface area contributed by atoms with Crippen LogP contribution in [0.1, 0.15) is 21.9 Å². The molecule has 1 amide bonds. The van der Waals surface area contributed by atoms with Crippen molar-refractivity contribution in [3.8, 4) is 5.69 Å². The van der Waals surface area contributed by atoms with Gasteiger partial charge in [-0.05, 0) is 55.5 Å². The van der Waals surface area contributed by atoms with Crippen molar-refractivity contribution in [3.63, 3.8) is 0 Å². The second kappa shape index (κ2) is 6.92. The van der Waals surface area contributed by atoms with Crippen LogP contribution in [0.4, 0.5) is 0 Å². The molecule has 0 aliphatic carbocycles. The number of hydrogen-bond donors (Lipinski definition) is 1. The van der Waals surface area contributed by atoms with Gasteiger partial charge in [0.05, 0.1) is 29.4 Å². The van der Waals surface area contributed by atoms with Crippen LogP contribution in [-0.2, 0) is 6.54 Å². The second-order valence-corrected chi connectivity index (χ2v) is 6.13. The molecule has 27 heavy (non-hydrogen) atoms. The topological polar surface area (TPSA) is 77.1 Å². The molecule has 0 aliphatic rings. The first kappa shape index (κ1) is 16.8. The second-order valence-electron chi connectivity index (χ2n) is 6.13. The molecule has 4 rings (SSSR count). The van der Waals surface area contributed by atoms with Crippen molar-refractivity contribution in [2.24, 2.45) is 0 Å². The number of carbonyl (C=O) groups excluding carboxylic acids is 1. The molecule has 2 aromatic heterocycles. The smallest absolute Gasteiger partial charge is 0.265 e. The number of hydrogen-bond acceptors (Lipinski definition) is 4. The third-order valence-electron chi connectivity index (χ3n) is 4.33. The minimum atomic E-state index is -0.210. The molecule has 4 aromatic rings. The summed E-state index contributed by atoms with van der Waals surface area (Å²) >= 11 is 0. The van der Waals surface area contributed by atoms with Gasteiger partial charge in [0.1, 0.15) is 11.6 Å². The van der Waals surface area contributed by atoms with Gasteiger partial charge in [-0.2, -0.15) is 0 Å². The number of furan rings is 1. The van der Waals surface area contributed by atoms with E-state index in [1.54, 1.807) is 60.2 Å². The van der Waals surface area contributed by atoms with Crippen molar-refractivity contribution in [1.29, 1.82) is 0 Å². The normalized spacial score (nSPS) is 10.9. The van der Waals surface area contributed by atoms with E-state index in [0.717, 1.165) is 0 Å². The molecule has 0 fully saturated rings. The first-order valence-electron chi connectivity index (χ1n) is 8.53. The van der Waals surface area contributed by atoms with Crippen LogP contribution in [0.15, 0.2) is 76.1 Å². The molecule has 0 spiro atoms. The molecule has 0 aliphatic heterocycles.